The average molecular weight is 334 g/mol. The molecule has 0 radical (unpaired) electrons. The molecular formula is C13H11Cl3N2O2. The summed E-state index contributed by atoms with van der Waals surface area (Å²) in [6.07, 6.45) is 3.06. The van der Waals surface area contributed by atoms with Crippen LogP contribution in [0.4, 0.5) is 5.69 Å². The Bertz CT molecular complexity index is 606. The second-order valence-corrected chi connectivity index (χ2v) is 4.48. The molecule has 1 aromatic heterocycles. The fourth-order valence-corrected chi connectivity index (χ4v) is 1.91. The number of nitrogens with one attached hydrogen (secondary N) is 1. The Kier molecular flexibility index (Phi) is 6.07. The molecule has 0 spiro atoms. The molecule has 2 rings (SSSR count). The maximum absolute atomic E-state index is 11.9. The Balaban J connectivity index is 0.00000200. The molecule has 1 heterocycles. The van der Waals surface area contributed by atoms with E-state index >= 15 is 0 Å². The van der Waals surface area contributed by atoms with Gasteiger partial charge in [-0.15, -0.1) is 12.4 Å². The lowest BCUT2D eigenvalue weighted by Crippen LogP contribution is -2.12. The predicted octanol–water partition coefficient (Wildman–Crippen LogP) is 4.07. The molecule has 7 heteroatoms. The largest absolute Gasteiger partial charge is 0.495 e. The van der Waals surface area contributed by atoms with Crippen LogP contribution < -0.4 is 10.1 Å². The van der Waals surface area contributed by atoms with Gasteiger partial charge in [-0.1, -0.05) is 23.2 Å². The molecule has 0 saturated carbocycles. The highest BCUT2D eigenvalue weighted by atomic mass is 35.5. The Morgan fingerprint density at radius 3 is 2.65 bits per heavy atom. The van der Waals surface area contributed by atoms with Crippen molar-refractivity contribution in [1.29, 1.82) is 0 Å². The number of pyridine rings is 1. The van der Waals surface area contributed by atoms with Gasteiger partial charge in [-0.05, 0) is 18.2 Å². The number of ether oxygens (including phenoxy) is 1. The molecule has 1 amide bonds. The van der Waals surface area contributed by atoms with Crippen molar-refractivity contribution in [3.63, 3.8) is 0 Å². The van der Waals surface area contributed by atoms with Gasteiger partial charge < -0.3 is 10.1 Å². The second-order valence-electron chi connectivity index (χ2n) is 3.66. The zero-order valence-electron chi connectivity index (χ0n) is 10.4. The first-order chi connectivity index (χ1) is 9.11. The molecule has 20 heavy (non-hydrogen) atoms. The maximum atomic E-state index is 11.9. The van der Waals surface area contributed by atoms with Crippen LogP contribution in [0.3, 0.4) is 0 Å². The van der Waals surface area contributed by atoms with Gasteiger partial charge in [-0.25, -0.2) is 0 Å². The minimum Gasteiger partial charge on any atom is -0.495 e. The monoisotopic (exact) mass is 332 g/mol. The first-order valence-electron chi connectivity index (χ1n) is 5.36. The average Bonchev–Trinajstić information content (AvgIpc) is 2.43. The van der Waals surface area contributed by atoms with E-state index < -0.39 is 0 Å². The number of carbonyl (C=O) groups excluding carboxylic acids is 1. The molecule has 4 nitrogen and oxygen atoms in total. The van der Waals surface area contributed by atoms with Gasteiger partial charge in [0.15, 0.2) is 0 Å². The van der Waals surface area contributed by atoms with Crippen LogP contribution in [-0.2, 0) is 0 Å². The van der Waals surface area contributed by atoms with Gasteiger partial charge in [-0.2, -0.15) is 0 Å². The SMILES string of the molecule is COc1cc(Cl)c(NC(=O)c2cccnc2)cc1Cl.Cl. The van der Waals surface area contributed by atoms with E-state index in [2.05, 4.69) is 10.3 Å². The van der Waals surface area contributed by atoms with Crippen molar-refractivity contribution in [2.24, 2.45) is 0 Å². The fraction of sp³-hybridized carbons (Fsp3) is 0.0769. The summed E-state index contributed by atoms with van der Waals surface area (Å²) in [6, 6.07) is 6.42. The van der Waals surface area contributed by atoms with E-state index in [1.807, 2.05) is 0 Å². The highest BCUT2D eigenvalue weighted by molar-refractivity contribution is 6.36. The Morgan fingerprint density at radius 1 is 1.30 bits per heavy atom. The summed E-state index contributed by atoms with van der Waals surface area (Å²) >= 11 is 12.0. The van der Waals surface area contributed by atoms with Gasteiger partial charge in [0.25, 0.3) is 5.91 Å². The van der Waals surface area contributed by atoms with Gasteiger partial charge in [-0.3, -0.25) is 9.78 Å². The number of amides is 1. The van der Waals surface area contributed by atoms with Crippen molar-refractivity contribution in [3.05, 3.63) is 52.3 Å². The van der Waals surface area contributed by atoms with Crippen LogP contribution in [0.5, 0.6) is 5.75 Å². The molecule has 0 unspecified atom stereocenters. The molecule has 1 N–H and O–H groups in total. The first-order valence-corrected chi connectivity index (χ1v) is 6.12. The summed E-state index contributed by atoms with van der Waals surface area (Å²) in [5.41, 5.74) is 0.854. The lowest BCUT2D eigenvalue weighted by atomic mass is 10.2. The third kappa shape index (κ3) is 3.76. The van der Waals surface area contributed by atoms with E-state index in [9.17, 15) is 4.79 Å². The molecule has 2 aromatic rings. The maximum Gasteiger partial charge on any atom is 0.257 e. The van der Waals surface area contributed by atoms with E-state index in [1.54, 1.807) is 24.4 Å². The summed E-state index contributed by atoms with van der Waals surface area (Å²) in [5.74, 6) is 0.141. The predicted molar refractivity (Wildman–Crippen MR) is 82.5 cm³/mol. The van der Waals surface area contributed by atoms with Crippen LogP contribution in [0.15, 0.2) is 36.7 Å². The summed E-state index contributed by atoms with van der Waals surface area (Å²) in [4.78, 5) is 15.8. The number of rotatable bonds is 3. The van der Waals surface area contributed by atoms with Gasteiger partial charge in [0.05, 0.1) is 28.4 Å². The Hall–Kier alpha value is -1.49. The van der Waals surface area contributed by atoms with Crippen LogP contribution in [0, 0.1) is 0 Å². The lowest BCUT2D eigenvalue weighted by Gasteiger charge is -2.10. The fourth-order valence-electron chi connectivity index (χ4n) is 1.47. The Morgan fingerprint density at radius 2 is 2.05 bits per heavy atom. The normalized spacial score (nSPS) is 9.55. The number of hydrogen-bond acceptors (Lipinski definition) is 3. The van der Waals surface area contributed by atoms with Crippen molar-refractivity contribution >= 4 is 47.2 Å². The lowest BCUT2D eigenvalue weighted by molar-refractivity contribution is 0.102. The van der Waals surface area contributed by atoms with Crippen LogP contribution in [-0.4, -0.2) is 18.0 Å². The minimum atomic E-state index is -0.309. The van der Waals surface area contributed by atoms with Gasteiger partial charge >= 0.3 is 0 Å². The molecule has 1 aromatic carbocycles. The first kappa shape index (κ1) is 16.6. The van der Waals surface area contributed by atoms with E-state index in [1.165, 1.54) is 19.4 Å². The Labute approximate surface area is 132 Å². The zero-order valence-corrected chi connectivity index (χ0v) is 12.7. The van der Waals surface area contributed by atoms with Gasteiger partial charge in [0.1, 0.15) is 5.75 Å². The van der Waals surface area contributed by atoms with Crippen LogP contribution in [0.25, 0.3) is 0 Å². The molecule has 0 aliphatic carbocycles. The molecule has 106 valence electrons. The summed E-state index contributed by atoms with van der Waals surface area (Å²) in [6.45, 7) is 0. The van der Waals surface area contributed by atoms with Crippen molar-refractivity contribution in [1.82, 2.24) is 4.98 Å². The van der Waals surface area contributed by atoms with Crippen molar-refractivity contribution < 1.29 is 9.53 Å². The number of methoxy groups -OCH3 is 1. The van der Waals surface area contributed by atoms with E-state index in [-0.39, 0.29) is 18.3 Å². The third-order valence-electron chi connectivity index (χ3n) is 2.41. The number of halogens is 3. The molecular weight excluding hydrogens is 323 g/mol. The molecule has 0 bridgehead atoms. The van der Waals surface area contributed by atoms with Crippen molar-refractivity contribution in [2.75, 3.05) is 12.4 Å². The zero-order chi connectivity index (χ0) is 13.8. The van der Waals surface area contributed by atoms with Crippen LogP contribution >= 0.6 is 35.6 Å². The van der Waals surface area contributed by atoms with Gasteiger partial charge in [0.2, 0.25) is 0 Å². The van der Waals surface area contributed by atoms with Crippen LogP contribution in [0.1, 0.15) is 10.4 Å². The molecule has 0 aliphatic rings. The number of aromatic nitrogens is 1. The number of carbonyl (C=O) groups is 1. The molecule has 0 atom stereocenters. The number of anilines is 1. The molecule has 0 fully saturated rings. The summed E-state index contributed by atoms with van der Waals surface area (Å²) in [5, 5.41) is 3.38. The molecule has 0 saturated heterocycles. The third-order valence-corrected chi connectivity index (χ3v) is 3.02. The standard InChI is InChI=1S/C13H10Cl2N2O2.ClH/c1-19-12-6-9(14)11(5-10(12)15)17-13(18)8-3-2-4-16-7-8;/h2-7H,1H3,(H,17,18);1H. The smallest absolute Gasteiger partial charge is 0.257 e. The van der Waals surface area contributed by atoms with E-state index in [4.69, 9.17) is 27.9 Å². The minimum absolute atomic E-state index is 0. The summed E-state index contributed by atoms with van der Waals surface area (Å²) in [7, 11) is 1.49. The topological polar surface area (TPSA) is 51.2 Å². The highest BCUT2D eigenvalue weighted by Crippen LogP contribution is 2.34. The van der Waals surface area contributed by atoms with Crippen molar-refractivity contribution in [3.8, 4) is 5.75 Å². The highest BCUT2D eigenvalue weighted by Gasteiger charge is 2.11. The second kappa shape index (κ2) is 7.33. The van der Waals surface area contributed by atoms with E-state index in [0.29, 0.717) is 27.0 Å². The quantitative estimate of drug-likeness (QED) is 0.921. The number of nitrogens with zero attached hydrogens (tertiary/aromatic N) is 1. The number of benzene rings is 1. The van der Waals surface area contributed by atoms with E-state index in [0.717, 1.165) is 0 Å². The van der Waals surface area contributed by atoms with Gasteiger partial charge in [0, 0.05) is 18.5 Å². The van der Waals surface area contributed by atoms with Crippen molar-refractivity contribution in [2.45, 2.75) is 0 Å². The van der Waals surface area contributed by atoms with Crippen LogP contribution in [0.2, 0.25) is 10.0 Å². The molecule has 0 aliphatic heterocycles. The number of hydrogen-bond donors (Lipinski definition) is 1. The summed E-state index contributed by atoms with van der Waals surface area (Å²) < 4.78 is 5.03.